The Bertz CT molecular complexity index is 1110. The third kappa shape index (κ3) is 4.12. The molecule has 0 bridgehead atoms. The SMILES string of the molecule is COCCn1ccc2cc(NS(=O)(=O)c3ccc(F)c(C(F)(F)F)c3)ccc21. The van der Waals surface area contributed by atoms with Gasteiger partial charge in [0.15, 0.2) is 0 Å². The van der Waals surface area contributed by atoms with E-state index in [0.29, 0.717) is 19.2 Å². The van der Waals surface area contributed by atoms with Crippen LogP contribution in [0.15, 0.2) is 53.6 Å². The first-order chi connectivity index (χ1) is 13.1. The van der Waals surface area contributed by atoms with E-state index < -0.39 is 32.5 Å². The van der Waals surface area contributed by atoms with E-state index in [1.54, 1.807) is 25.3 Å². The molecule has 5 nitrogen and oxygen atoms in total. The molecule has 0 unspecified atom stereocenters. The number of nitrogens with one attached hydrogen (secondary N) is 1. The average molecular weight is 416 g/mol. The number of anilines is 1. The highest BCUT2D eigenvalue weighted by Crippen LogP contribution is 2.33. The minimum absolute atomic E-state index is 0.176. The Morgan fingerprint density at radius 1 is 1.11 bits per heavy atom. The largest absolute Gasteiger partial charge is 0.419 e. The summed E-state index contributed by atoms with van der Waals surface area (Å²) in [6.45, 7) is 1.12. The van der Waals surface area contributed by atoms with Gasteiger partial charge in [-0.25, -0.2) is 12.8 Å². The van der Waals surface area contributed by atoms with Crippen molar-refractivity contribution >= 4 is 26.6 Å². The van der Waals surface area contributed by atoms with Crippen LogP contribution in [-0.2, 0) is 27.5 Å². The van der Waals surface area contributed by atoms with Crippen molar-refractivity contribution < 1.29 is 30.7 Å². The molecule has 0 saturated carbocycles. The molecule has 1 heterocycles. The van der Waals surface area contributed by atoms with Crippen LogP contribution < -0.4 is 4.72 Å². The summed E-state index contributed by atoms with van der Waals surface area (Å²) >= 11 is 0. The minimum atomic E-state index is -5.00. The maximum Gasteiger partial charge on any atom is 0.419 e. The van der Waals surface area contributed by atoms with Crippen molar-refractivity contribution in [2.24, 2.45) is 0 Å². The monoisotopic (exact) mass is 416 g/mol. The molecule has 0 aliphatic carbocycles. The fourth-order valence-corrected chi connectivity index (χ4v) is 3.83. The maximum atomic E-state index is 13.4. The second-order valence-corrected chi connectivity index (χ2v) is 7.70. The molecule has 150 valence electrons. The highest BCUT2D eigenvalue weighted by atomic mass is 32.2. The Labute approximate surface area is 158 Å². The van der Waals surface area contributed by atoms with Gasteiger partial charge >= 0.3 is 6.18 Å². The van der Waals surface area contributed by atoms with Crippen LogP contribution in [0.4, 0.5) is 23.2 Å². The summed E-state index contributed by atoms with van der Waals surface area (Å²) in [6, 6.07) is 8.07. The topological polar surface area (TPSA) is 60.3 Å². The smallest absolute Gasteiger partial charge is 0.383 e. The molecule has 0 saturated heterocycles. The third-order valence-electron chi connectivity index (χ3n) is 4.11. The Balaban J connectivity index is 1.90. The predicted molar refractivity (Wildman–Crippen MR) is 96.0 cm³/mol. The van der Waals surface area contributed by atoms with Gasteiger partial charge in [0, 0.05) is 36.4 Å². The van der Waals surface area contributed by atoms with Gasteiger partial charge in [0.2, 0.25) is 0 Å². The van der Waals surface area contributed by atoms with Gasteiger partial charge in [-0.2, -0.15) is 13.2 Å². The molecule has 0 aliphatic heterocycles. The molecule has 0 radical (unpaired) electrons. The summed E-state index contributed by atoms with van der Waals surface area (Å²) < 4.78 is 86.0. The lowest BCUT2D eigenvalue weighted by atomic mass is 10.2. The number of alkyl halides is 3. The lowest BCUT2D eigenvalue weighted by molar-refractivity contribution is -0.140. The number of hydrogen-bond acceptors (Lipinski definition) is 3. The van der Waals surface area contributed by atoms with Gasteiger partial charge in [-0.05, 0) is 42.5 Å². The standard InChI is InChI=1S/C18H16F4N2O3S/c1-27-9-8-24-7-6-12-10-13(2-5-17(12)24)23-28(25,26)14-3-4-16(19)15(11-14)18(20,21)22/h2-7,10-11,23H,8-9H2,1H3. The quantitative estimate of drug-likeness (QED) is 0.612. The van der Waals surface area contributed by atoms with Crippen molar-refractivity contribution in [2.75, 3.05) is 18.4 Å². The molecule has 28 heavy (non-hydrogen) atoms. The van der Waals surface area contributed by atoms with Gasteiger partial charge in [-0.1, -0.05) is 0 Å². The molecule has 1 N–H and O–H groups in total. The first-order valence-corrected chi connectivity index (χ1v) is 9.57. The zero-order valence-corrected chi connectivity index (χ0v) is 15.4. The van der Waals surface area contributed by atoms with E-state index in [9.17, 15) is 26.0 Å². The van der Waals surface area contributed by atoms with Crippen molar-refractivity contribution in [3.05, 3.63) is 60.0 Å². The van der Waals surface area contributed by atoms with Crippen molar-refractivity contribution in [3.63, 3.8) is 0 Å². The summed E-state index contributed by atoms with van der Waals surface area (Å²) in [5, 5.41) is 0.742. The Kier molecular flexibility index (Phi) is 5.35. The van der Waals surface area contributed by atoms with Gasteiger partial charge in [0.25, 0.3) is 10.0 Å². The van der Waals surface area contributed by atoms with Gasteiger partial charge in [-0.3, -0.25) is 4.72 Å². The third-order valence-corrected chi connectivity index (χ3v) is 5.49. The molecule has 3 rings (SSSR count). The number of sulfonamides is 1. The number of ether oxygens (including phenoxy) is 1. The lowest BCUT2D eigenvalue weighted by Gasteiger charge is -2.12. The van der Waals surface area contributed by atoms with Crippen LogP contribution in [0.5, 0.6) is 0 Å². The van der Waals surface area contributed by atoms with Crippen LogP contribution in [0.25, 0.3) is 10.9 Å². The Hall–Kier alpha value is -2.59. The van der Waals surface area contributed by atoms with Crippen molar-refractivity contribution in [2.45, 2.75) is 17.6 Å². The van der Waals surface area contributed by atoms with Crippen LogP contribution in [0.3, 0.4) is 0 Å². The fourth-order valence-electron chi connectivity index (χ4n) is 2.75. The van der Waals surface area contributed by atoms with Crippen molar-refractivity contribution in [3.8, 4) is 0 Å². The van der Waals surface area contributed by atoms with Crippen molar-refractivity contribution in [1.82, 2.24) is 4.57 Å². The minimum Gasteiger partial charge on any atom is -0.383 e. The van der Waals surface area contributed by atoms with E-state index in [2.05, 4.69) is 4.72 Å². The van der Waals surface area contributed by atoms with E-state index in [4.69, 9.17) is 4.74 Å². The molecule has 0 aliphatic rings. The Morgan fingerprint density at radius 3 is 2.54 bits per heavy atom. The number of rotatable bonds is 6. The summed E-state index contributed by atoms with van der Waals surface area (Å²) in [7, 11) is -2.75. The molecule has 1 aromatic heterocycles. The van der Waals surface area contributed by atoms with Crippen molar-refractivity contribution in [1.29, 1.82) is 0 Å². The first kappa shape index (κ1) is 20.2. The van der Waals surface area contributed by atoms with Crippen LogP contribution in [0.2, 0.25) is 0 Å². The zero-order chi connectivity index (χ0) is 20.5. The zero-order valence-electron chi connectivity index (χ0n) is 14.6. The molecule has 0 atom stereocenters. The number of nitrogens with zero attached hydrogens (tertiary/aromatic N) is 1. The molecule has 0 amide bonds. The van der Waals surface area contributed by atoms with Crippen LogP contribution >= 0.6 is 0 Å². The normalized spacial score (nSPS) is 12.5. The highest BCUT2D eigenvalue weighted by Gasteiger charge is 2.35. The number of hydrogen-bond donors (Lipinski definition) is 1. The first-order valence-electron chi connectivity index (χ1n) is 8.09. The molecular formula is C18H16F4N2O3S. The number of halogens is 4. The molecule has 10 heteroatoms. The van der Waals surface area contributed by atoms with Crippen LogP contribution in [-0.4, -0.2) is 26.7 Å². The average Bonchev–Trinajstić information content (AvgIpc) is 3.01. The number of fused-ring (bicyclic) bond motifs is 1. The van der Waals surface area contributed by atoms with E-state index in [1.165, 1.54) is 6.07 Å². The number of benzene rings is 2. The van der Waals surface area contributed by atoms with Gasteiger partial charge in [0.1, 0.15) is 5.82 Å². The summed E-state index contributed by atoms with van der Waals surface area (Å²) in [4.78, 5) is -0.681. The van der Waals surface area contributed by atoms with E-state index in [0.717, 1.165) is 17.0 Å². The molecular weight excluding hydrogens is 400 g/mol. The second kappa shape index (κ2) is 7.44. The maximum absolute atomic E-state index is 13.4. The summed E-state index contributed by atoms with van der Waals surface area (Å²) in [5.41, 5.74) is -0.614. The molecule has 0 fully saturated rings. The van der Waals surface area contributed by atoms with Gasteiger partial charge in [0.05, 0.1) is 17.1 Å². The summed E-state index contributed by atoms with van der Waals surface area (Å²) in [5.74, 6) is -1.54. The van der Waals surface area contributed by atoms with E-state index in [1.807, 2.05) is 10.8 Å². The van der Waals surface area contributed by atoms with Crippen LogP contribution in [0, 0.1) is 5.82 Å². The van der Waals surface area contributed by atoms with E-state index >= 15 is 0 Å². The molecule has 2 aromatic carbocycles. The summed E-state index contributed by atoms with van der Waals surface area (Å²) in [6.07, 6.45) is -3.18. The molecule has 0 spiro atoms. The number of aromatic nitrogens is 1. The fraction of sp³-hybridized carbons (Fsp3) is 0.222. The van der Waals surface area contributed by atoms with Crippen LogP contribution in [0.1, 0.15) is 5.56 Å². The predicted octanol–water partition coefficient (Wildman–Crippen LogP) is 4.25. The van der Waals surface area contributed by atoms with E-state index in [-0.39, 0.29) is 11.8 Å². The Morgan fingerprint density at radius 2 is 1.86 bits per heavy atom. The highest BCUT2D eigenvalue weighted by molar-refractivity contribution is 7.92. The number of methoxy groups -OCH3 is 1. The van der Waals surface area contributed by atoms with Gasteiger partial charge in [-0.15, -0.1) is 0 Å². The lowest BCUT2D eigenvalue weighted by Crippen LogP contribution is -2.15. The van der Waals surface area contributed by atoms with Gasteiger partial charge < -0.3 is 9.30 Å². The second-order valence-electron chi connectivity index (χ2n) is 6.02. The molecule has 3 aromatic rings.